The number of halogens is 3. The maximum absolute atomic E-state index is 11.9. The van der Waals surface area contributed by atoms with Crippen molar-refractivity contribution in [3.63, 3.8) is 0 Å². The Morgan fingerprint density at radius 1 is 1.43 bits per heavy atom. The number of aryl methyl sites for hydroxylation is 1. The second kappa shape index (κ2) is 6.74. The van der Waals surface area contributed by atoms with E-state index in [-0.39, 0.29) is 12.6 Å². The fourth-order valence-electron chi connectivity index (χ4n) is 2.26. The lowest BCUT2D eigenvalue weighted by Gasteiger charge is -2.23. The van der Waals surface area contributed by atoms with Crippen molar-refractivity contribution < 1.29 is 17.9 Å². The Kier molecular flexibility index (Phi) is 5.21. The molecule has 5 nitrogen and oxygen atoms in total. The third kappa shape index (κ3) is 4.96. The van der Waals surface area contributed by atoms with E-state index in [0.717, 1.165) is 24.5 Å². The van der Waals surface area contributed by atoms with E-state index in [0.29, 0.717) is 19.0 Å². The number of hydrogen-bond acceptors (Lipinski definition) is 4. The van der Waals surface area contributed by atoms with Gasteiger partial charge in [0.1, 0.15) is 12.4 Å². The van der Waals surface area contributed by atoms with Gasteiger partial charge in [0.05, 0.1) is 13.2 Å². The quantitative estimate of drug-likeness (QED) is 0.816. The fourth-order valence-corrected chi connectivity index (χ4v) is 2.26. The molecule has 0 saturated carbocycles. The van der Waals surface area contributed by atoms with Crippen LogP contribution < -0.4 is 5.32 Å². The molecule has 0 amide bonds. The van der Waals surface area contributed by atoms with Crippen molar-refractivity contribution in [1.82, 2.24) is 20.1 Å². The van der Waals surface area contributed by atoms with Crippen LogP contribution >= 0.6 is 0 Å². The van der Waals surface area contributed by atoms with Crippen LogP contribution in [0.1, 0.15) is 37.8 Å². The summed E-state index contributed by atoms with van der Waals surface area (Å²) in [4.78, 5) is 4.50. The molecule has 1 aliphatic heterocycles. The van der Waals surface area contributed by atoms with Crippen LogP contribution in [0.25, 0.3) is 0 Å². The summed E-state index contributed by atoms with van der Waals surface area (Å²) in [7, 11) is 0. The van der Waals surface area contributed by atoms with Gasteiger partial charge in [-0.15, -0.1) is 0 Å². The van der Waals surface area contributed by atoms with Gasteiger partial charge >= 0.3 is 6.18 Å². The molecule has 1 unspecified atom stereocenters. The second-order valence-corrected chi connectivity index (χ2v) is 5.58. The molecular formula is C13H21F3N4O. The summed E-state index contributed by atoms with van der Waals surface area (Å²) < 4.78 is 42.2. The van der Waals surface area contributed by atoms with Crippen molar-refractivity contribution in [2.24, 2.45) is 0 Å². The zero-order valence-corrected chi connectivity index (χ0v) is 12.3. The SMILES string of the molecule is CC(C)c1nc2n(n1)CC(NCCOCC(F)(F)F)CC2. The number of rotatable bonds is 6. The van der Waals surface area contributed by atoms with Crippen molar-refractivity contribution in [2.75, 3.05) is 19.8 Å². The van der Waals surface area contributed by atoms with E-state index in [2.05, 4.69) is 34.0 Å². The third-order valence-electron chi connectivity index (χ3n) is 3.34. The number of hydrogen-bond donors (Lipinski definition) is 1. The van der Waals surface area contributed by atoms with E-state index in [4.69, 9.17) is 0 Å². The van der Waals surface area contributed by atoms with Gasteiger partial charge in [-0.25, -0.2) is 9.67 Å². The third-order valence-corrected chi connectivity index (χ3v) is 3.34. The summed E-state index contributed by atoms with van der Waals surface area (Å²) in [5.41, 5.74) is 0. The molecule has 0 bridgehead atoms. The number of nitrogens with zero attached hydrogens (tertiary/aromatic N) is 3. The summed E-state index contributed by atoms with van der Waals surface area (Å²) >= 11 is 0. The Labute approximate surface area is 121 Å². The molecule has 1 aromatic rings. The van der Waals surface area contributed by atoms with Gasteiger partial charge in [-0.1, -0.05) is 13.8 Å². The standard InChI is InChI=1S/C13H21F3N4O/c1-9(2)12-18-11-4-3-10(7-20(11)19-12)17-5-6-21-8-13(14,15)16/h9-10,17H,3-8H2,1-2H3. The molecular weight excluding hydrogens is 285 g/mol. The van der Waals surface area contributed by atoms with Gasteiger partial charge < -0.3 is 10.1 Å². The Morgan fingerprint density at radius 3 is 2.86 bits per heavy atom. The Hall–Kier alpha value is -1.15. The molecule has 2 rings (SSSR count). The molecule has 8 heteroatoms. The van der Waals surface area contributed by atoms with Gasteiger partial charge in [0.15, 0.2) is 5.82 Å². The monoisotopic (exact) mass is 306 g/mol. The minimum absolute atomic E-state index is 0.0530. The summed E-state index contributed by atoms with van der Waals surface area (Å²) in [6.45, 7) is 4.07. The molecule has 2 heterocycles. The average Bonchev–Trinajstić information content (AvgIpc) is 2.80. The van der Waals surface area contributed by atoms with Crippen LogP contribution in [0, 0.1) is 0 Å². The average molecular weight is 306 g/mol. The number of nitrogens with one attached hydrogen (secondary N) is 1. The molecule has 1 aliphatic rings. The van der Waals surface area contributed by atoms with E-state index in [1.54, 1.807) is 0 Å². The van der Waals surface area contributed by atoms with E-state index in [1.165, 1.54) is 0 Å². The lowest BCUT2D eigenvalue weighted by atomic mass is 10.1. The van der Waals surface area contributed by atoms with Crippen LogP contribution in [0.15, 0.2) is 0 Å². The normalized spacial score (nSPS) is 19.0. The van der Waals surface area contributed by atoms with Crippen molar-refractivity contribution in [3.05, 3.63) is 11.6 Å². The van der Waals surface area contributed by atoms with E-state index < -0.39 is 12.8 Å². The van der Waals surface area contributed by atoms with Crippen molar-refractivity contribution in [3.8, 4) is 0 Å². The van der Waals surface area contributed by atoms with Crippen molar-refractivity contribution in [2.45, 2.75) is 51.4 Å². The second-order valence-electron chi connectivity index (χ2n) is 5.58. The molecule has 0 radical (unpaired) electrons. The number of alkyl halides is 3. The molecule has 0 aromatic carbocycles. The van der Waals surface area contributed by atoms with Crippen LogP contribution in [0.5, 0.6) is 0 Å². The van der Waals surface area contributed by atoms with Gasteiger partial charge in [0, 0.05) is 24.9 Å². The lowest BCUT2D eigenvalue weighted by molar-refractivity contribution is -0.173. The Morgan fingerprint density at radius 2 is 2.19 bits per heavy atom. The molecule has 120 valence electrons. The van der Waals surface area contributed by atoms with Crippen LogP contribution in [-0.2, 0) is 17.7 Å². The zero-order valence-electron chi connectivity index (χ0n) is 12.3. The highest BCUT2D eigenvalue weighted by Crippen LogP contribution is 2.17. The van der Waals surface area contributed by atoms with Crippen LogP contribution in [0.4, 0.5) is 13.2 Å². The van der Waals surface area contributed by atoms with Crippen LogP contribution in [0.2, 0.25) is 0 Å². The minimum atomic E-state index is -4.26. The van der Waals surface area contributed by atoms with Crippen molar-refractivity contribution >= 4 is 0 Å². The molecule has 0 fully saturated rings. The molecule has 0 aliphatic carbocycles. The Bertz CT molecular complexity index is 459. The predicted octanol–water partition coefficient (Wildman–Crippen LogP) is 1.88. The Balaban J connectivity index is 1.72. The van der Waals surface area contributed by atoms with Gasteiger partial charge in [-0.05, 0) is 6.42 Å². The first-order valence-electron chi connectivity index (χ1n) is 7.16. The largest absolute Gasteiger partial charge is 0.411 e. The number of fused-ring (bicyclic) bond motifs is 1. The fraction of sp³-hybridized carbons (Fsp3) is 0.846. The maximum Gasteiger partial charge on any atom is 0.411 e. The summed E-state index contributed by atoms with van der Waals surface area (Å²) in [6, 6.07) is 0.202. The number of aromatic nitrogens is 3. The van der Waals surface area contributed by atoms with Crippen LogP contribution in [0.3, 0.4) is 0 Å². The van der Waals surface area contributed by atoms with Gasteiger partial charge in [-0.2, -0.15) is 18.3 Å². The predicted molar refractivity (Wildman–Crippen MR) is 71.1 cm³/mol. The van der Waals surface area contributed by atoms with E-state index in [1.807, 2.05) is 4.68 Å². The lowest BCUT2D eigenvalue weighted by Crippen LogP contribution is -2.39. The molecule has 1 aromatic heterocycles. The zero-order chi connectivity index (χ0) is 15.5. The van der Waals surface area contributed by atoms with Gasteiger partial charge in [-0.3, -0.25) is 0 Å². The smallest absolute Gasteiger partial charge is 0.371 e. The number of ether oxygens (including phenoxy) is 1. The first-order chi connectivity index (χ1) is 9.85. The van der Waals surface area contributed by atoms with Gasteiger partial charge in [0.2, 0.25) is 0 Å². The first-order valence-corrected chi connectivity index (χ1v) is 7.16. The molecule has 0 saturated heterocycles. The van der Waals surface area contributed by atoms with E-state index in [9.17, 15) is 13.2 Å². The molecule has 1 atom stereocenters. The molecule has 0 spiro atoms. The summed E-state index contributed by atoms with van der Waals surface area (Å²) in [6.07, 6.45) is -2.51. The van der Waals surface area contributed by atoms with Crippen LogP contribution in [-0.4, -0.2) is 46.7 Å². The highest BCUT2D eigenvalue weighted by atomic mass is 19.4. The highest BCUT2D eigenvalue weighted by Gasteiger charge is 2.27. The van der Waals surface area contributed by atoms with Crippen molar-refractivity contribution in [1.29, 1.82) is 0 Å². The minimum Gasteiger partial charge on any atom is -0.371 e. The first kappa shape index (κ1) is 16.2. The van der Waals surface area contributed by atoms with E-state index >= 15 is 0 Å². The molecule has 21 heavy (non-hydrogen) atoms. The van der Waals surface area contributed by atoms with Gasteiger partial charge in [0.25, 0.3) is 0 Å². The highest BCUT2D eigenvalue weighted by molar-refractivity contribution is 5.00. The summed E-state index contributed by atoms with van der Waals surface area (Å²) in [5.74, 6) is 2.13. The summed E-state index contributed by atoms with van der Waals surface area (Å²) in [5, 5.41) is 7.67. The maximum atomic E-state index is 11.9. The molecule has 1 N–H and O–H groups in total. The topological polar surface area (TPSA) is 52.0 Å².